The van der Waals surface area contributed by atoms with Gasteiger partial charge in [-0.15, -0.1) is 0 Å². The summed E-state index contributed by atoms with van der Waals surface area (Å²) in [5.41, 5.74) is -0.323. The first kappa shape index (κ1) is 20.5. The van der Waals surface area contributed by atoms with E-state index in [1.54, 1.807) is 19.1 Å². The maximum Gasteiger partial charge on any atom is 0.416 e. The van der Waals surface area contributed by atoms with Crippen LogP contribution in [-0.2, 0) is 6.18 Å². The van der Waals surface area contributed by atoms with Crippen LogP contribution in [-0.4, -0.2) is 29.7 Å². The molecule has 0 aliphatic rings. The molecule has 0 radical (unpaired) electrons. The van der Waals surface area contributed by atoms with Gasteiger partial charge in [-0.25, -0.2) is 19.9 Å². The predicted molar refractivity (Wildman–Crippen MR) is 105 cm³/mol. The van der Waals surface area contributed by atoms with Crippen LogP contribution >= 0.6 is 11.6 Å². The first-order chi connectivity index (χ1) is 14.8. The molecule has 3 aromatic heterocycles. The van der Waals surface area contributed by atoms with Crippen LogP contribution in [0.4, 0.5) is 19.0 Å². The van der Waals surface area contributed by atoms with Gasteiger partial charge in [-0.3, -0.25) is 0 Å². The van der Waals surface area contributed by atoms with Crippen molar-refractivity contribution < 1.29 is 13.2 Å². The van der Waals surface area contributed by atoms with Gasteiger partial charge in [0.1, 0.15) is 24.5 Å². The maximum atomic E-state index is 13.2. The molecule has 0 saturated heterocycles. The summed E-state index contributed by atoms with van der Waals surface area (Å²) in [7, 11) is 0. The molecule has 4 rings (SSSR count). The van der Waals surface area contributed by atoms with Crippen molar-refractivity contribution in [2.75, 3.05) is 5.32 Å². The minimum absolute atomic E-state index is 0.122. The molecule has 3 heterocycles. The summed E-state index contributed by atoms with van der Waals surface area (Å²) in [6.07, 6.45) is -0.636. The fraction of sp³-hybridized carbons (Fsp3) is 0.158. The van der Waals surface area contributed by atoms with Crippen LogP contribution < -0.4 is 5.32 Å². The number of fused-ring (bicyclic) bond motifs is 1. The first-order valence-corrected chi connectivity index (χ1v) is 9.20. The molecule has 0 spiro atoms. The van der Waals surface area contributed by atoms with E-state index in [4.69, 9.17) is 16.9 Å². The maximum absolute atomic E-state index is 13.2. The van der Waals surface area contributed by atoms with E-state index in [2.05, 4.69) is 30.4 Å². The van der Waals surface area contributed by atoms with E-state index in [0.29, 0.717) is 17.2 Å². The number of aromatic nitrogens is 6. The molecule has 156 valence electrons. The van der Waals surface area contributed by atoms with Crippen molar-refractivity contribution >= 4 is 28.3 Å². The van der Waals surface area contributed by atoms with Gasteiger partial charge >= 0.3 is 6.18 Å². The molecule has 0 aliphatic heterocycles. The van der Waals surface area contributed by atoms with Crippen molar-refractivity contribution in [1.29, 1.82) is 5.26 Å². The second-order valence-corrected chi connectivity index (χ2v) is 6.89. The molecule has 0 aliphatic carbocycles. The smallest absolute Gasteiger partial charge is 0.360 e. The topological polar surface area (TPSA) is 105 Å². The molecule has 31 heavy (non-hydrogen) atoms. The van der Waals surface area contributed by atoms with E-state index in [1.165, 1.54) is 23.5 Å². The highest BCUT2D eigenvalue weighted by molar-refractivity contribution is 6.35. The summed E-state index contributed by atoms with van der Waals surface area (Å²) >= 11 is 6.03. The average molecular weight is 445 g/mol. The van der Waals surface area contributed by atoms with Gasteiger partial charge < -0.3 is 5.32 Å². The highest BCUT2D eigenvalue weighted by Crippen LogP contribution is 2.36. The Morgan fingerprint density at radius 2 is 1.94 bits per heavy atom. The van der Waals surface area contributed by atoms with Crippen LogP contribution in [0.25, 0.3) is 16.7 Å². The zero-order chi connectivity index (χ0) is 22.2. The number of anilines is 1. The standard InChI is InChI=1S/C19H12ClF3N8/c1-10(18-28-9-29-31(18)15-3-2-11(6-24)7-25-15)30-17-13-4-12(19(21,22)23)5-14(20)16(13)26-8-27-17/h2-5,7-10H,1H3,(H,26,27,30). The van der Waals surface area contributed by atoms with Crippen molar-refractivity contribution in [1.82, 2.24) is 29.7 Å². The van der Waals surface area contributed by atoms with Gasteiger partial charge in [-0.2, -0.15) is 28.2 Å². The lowest BCUT2D eigenvalue weighted by molar-refractivity contribution is -0.137. The van der Waals surface area contributed by atoms with E-state index < -0.39 is 17.8 Å². The molecule has 1 unspecified atom stereocenters. The Morgan fingerprint density at radius 3 is 2.61 bits per heavy atom. The van der Waals surface area contributed by atoms with Crippen molar-refractivity contribution in [3.63, 3.8) is 0 Å². The third kappa shape index (κ3) is 3.97. The van der Waals surface area contributed by atoms with Crippen LogP contribution in [0.3, 0.4) is 0 Å². The molecular weight excluding hydrogens is 433 g/mol. The molecule has 1 atom stereocenters. The number of alkyl halides is 3. The molecule has 0 fully saturated rings. The van der Waals surface area contributed by atoms with Crippen LogP contribution in [0.1, 0.15) is 29.9 Å². The van der Waals surface area contributed by atoms with E-state index in [0.717, 1.165) is 12.1 Å². The van der Waals surface area contributed by atoms with Crippen molar-refractivity contribution in [3.8, 4) is 11.9 Å². The number of nitriles is 1. The first-order valence-electron chi connectivity index (χ1n) is 8.82. The normalized spacial score (nSPS) is 12.5. The third-order valence-corrected chi connectivity index (χ3v) is 4.72. The molecule has 4 aromatic rings. The van der Waals surface area contributed by atoms with Gasteiger partial charge in [0.2, 0.25) is 0 Å². The Morgan fingerprint density at radius 1 is 1.13 bits per heavy atom. The molecule has 0 amide bonds. The third-order valence-electron chi connectivity index (χ3n) is 4.43. The van der Waals surface area contributed by atoms with E-state index in [-0.39, 0.29) is 21.7 Å². The number of hydrogen-bond acceptors (Lipinski definition) is 7. The summed E-state index contributed by atoms with van der Waals surface area (Å²) in [5.74, 6) is 1.02. The summed E-state index contributed by atoms with van der Waals surface area (Å²) in [4.78, 5) is 16.5. The van der Waals surface area contributed by atoms with Gasteiger partial charge in [0, 0.05) is 11.6 Å². The van der Waals surface area contributed by atoms with Crippen LogP contribution in [0.2, 0.25) is 5.02 Å². The number of hydrogen-bond donors (Lipinski definition) is 1. The second kappa shape index (κ2) is 7.81. The van der Waals surface area contributed by atoms with Crippen molar-refractivity contribution in [2.45, 2.75) is 19.1 Å². The van der Waals surface area contributed by atoms with E-state index >= 15 is 0 Å². The number of nitrogens with one attached hydrogen (secondary N) is 1. The van der Waals surface area contributed by atoms with Crippen LogP contribution in [0, 0.1) is 11.3 Å². The molecule has 8 nitrogen and oxygen atoms in total. The zero-order valence-corrected chi connectivity index (χ0v) is 16.5. The van der Waals surface area contributed by atoms with Gasteiger partial charge in [0.15, 0.2) is 11.6 Å². The molecule has 1 aromatic carbocycles. The van der Waals surface area contributed by atoms with Gasteiger partial charge in [-0.05, 0) is 31.2 Å². The average Bonchev–Trinajstić information content (AvgIpc) is 3.23. The van der Waals surface area contributed by atoms with E-state index in [1.807, 2.05) is 6.07 Å². The lowest BCUT2D eigenvalue weighted by Gasteiger charge is -2.17. The molecule has 12 heteroatoms. The summed E-state index contributed by atoms with van der Waals surface area (Å²) < 4.78 is 41.2. The summed E-state index contributed by atoms with van der Waals surface area (Å²) in [5, 5.41) is 16.1. The lowest BCUT2D eigenvalue weighted by Crippen LogP contribution is -2.15. The number of halogens is 4. The Hall–Kier alpha value is -3.78. The van der Waals surface area contributed by atoms with Crippen molar-refractivity contribution in [2.24, 2.45) is 0 Å². The van der Waals surface area contributed by atoms with Crippen molar-refractivity contribution in [3.05, 3.63) is 65.1 Å². The summed E-state index contributed by atoms with van der Waals surface area (Å²) in [6, 6.07) is 6.44. The van der Waals surface area contributed by atoms with Crippen LogP contribution in [0.15, 0.2) is 43.1 Å². The van der Waals surface area contributed by atoms with Gasteiger partial charge in [0.25, 0.3) is 0 Å². The number of nitrogens with zero attached hydrogens (tertiary/aromatic N) is 7. The molecule has 0 saturated carbocycles. The number of rotatable bonds is 4. The SMILES string of the molecule is CC(Nc1ncnc2c(Cl)cc(C(F)(F)F)cc12)c1ncnn1-c1ccc(C#N)cn1. The minimum atomic E-state index is -4.57. The second-order valence-electron chi connectivity index (χ2n) is 6.49. The Kier molecular flexibility index (Phi) is 5.16. The highest BCUT2D eigenvalue weighted by Gasteiger charge is 2.32. The monoisotopic (exact) mass is 444 g/mol. The summed E-state index contributed by atoms with van der Waals surface area (Å²) in [6.45, 7) is 1.74. The zero-order valence-electron chi connectivity index (χ0n) is 15.8. The number of benzene rings is 1. The lowest BCUT2D eigenvalue weighted by atomic mass is 10.1. The Labute approximate surface area is 178 Å². The largest absolute Gasteiger partial charge is 0.416 e. The molecule has 0 bridgehead atoms. The van der Waals surface area contributed by atoms with E-state index in [9.17, 15) is 13.2 Å². The minimum Gasteiger partial charge on any atom is -0.360 e. The Bertz CT molecular complexity index is 1290. The van der Waals surface area contributed by atoms with Gasteiger partial charge in [-0.1, -0.05) is 11.6 Å². The quantitative estimate of drug-likeness (QED) is 0.499. The Balaban J connectivity index is 1.71. The predicted octanol–water partition coefficient (Wildman–Crippen LogP) is 4.32. The number of pyridine rings is 1. The van der Waals surface area contributed by atoms with Crippen LogP contribution in [0.5, 0.6) is 0 Å². The highest BCUT2D eigenvalue weighted by atomic mass is 35.5. The fourth-order valence-electron chi connectivity index (χ4n) is 2.97. The fourth-order valence-corrected chi connectivity index (χ4v) is 3.24. The van der Waals surface area contributed by atoms with Gasteiger partial charge in [0.05, 0.1) is 27.7 Å². The molecular formula is C19H12ClF3N8. The molecule has 1 N–H and O–H groups in total.